The molecule has 0 aliphatic rings. The molecule has 0 radical (unpaired) electrons. The van der Waals surface area contributed by atoms with Crippen LogP contribution in [0.3, 0.4) is 0 Å². The molecule has 0 aliphatic heterocycles. The summed E-state index contributed by atoms with van der Waals surface area (Å²) in [6.07, 6.45) is 0.196. The van der Waals surface area contributed by atoms with Crippen molar-refractivity contribution in [2.75, 3.05) is 0 Å². The van der Waals surface area contributed by atoms with E-state index in [9.17, 15) is 9.18 Å². The molecule has 0 bridgehead atoms. The van der Waals surface area contributed by atoms with Crippen molar-refractivity contribution in [3.05, 3.63) is 34.6 Å². The summed E-state index contributed by atoms with van der Waals surface area (Å²) in [4.78, 5) is 10.1. The van der Waals surface area contributed by atoms with Gasteiger partial charge in [-0.05, 0) is 30.2 Å². The second-order valence-electron chi connectivity index (χ2n) is 2.81. The zero-order valence-corrected chi connectivity index (χ0v) is 9.48. The Morgan fingerprint density at radius 2 is 2.29 bits per heavy atom. The molecule has 0 aliphatic carbocycles. The smallest absolute Gasteiger partial charge is 0.231 e. The Morgan fingerprint density at radius 1 is 1.64 bits per heavy atom. The number of nitrogens with two attached hydrogens (primary N) is 1. The predicted molar refractivity (Wildman–Crippen MR) is 57.0 cm³/mol. The van der Waals surface area contributed by atoms with Crippen molar-refractivity contribution in [2.24, 2.45) is 5.73 Å². The molecule has 2 N–H and O–H groups in total. The van der Waals surface area contributed by atoms with Gasteiger partial charge in [-0.2, -0.15) is 0 Å². The maximum absolute atomic E-state index is 13.2. The number of carbonyl (C=O) groups is 1. The molecule has 0 aromatic heterocycles. The standard InChI is InChI=1S/C9H8BrClFNO/c10-7(9(13)14)4-5-3-6(11)1-2-8(5)12/h1-3,7H,4H2,(H2,13,14). The van der Waals surface area contributed by atoms with Crippen LogP contribution < -0.4 is 5.73 Å². The van der Waals surface area contributed by atoms with Gasteiger partial charge in [0.15, 0.2) is 0 Å². The van der Waals surface area contributed by atoms with E-state index in [4.69, 9.17) is 17.3 Å². The molecule has 0 saturated carbocycles. The van der Waals surface area contributed by atoms with E-state index < -0.39 is 10.7 Å². The molecule has 1 atom stereocenters. The minimum Gasteiger partial charge on any atom is -0.369 e. The molecule has 0 heterocycles. The highest BCUT2D eigenvalue weighted by Gasteiger charge is 2.14. The Bertz CT molecular complexity index is 359. The van der Waals surface area contributed by atoms with Gasteiger partial charge < -0.3 is 5.73 Å². The third kappa shape index (κ3) is 2.96. The molecule has 14 heavy (non-hydrogen) atoms. The topological polar surface area (TPSA) is 43.1 Å². The van der Waals surface area contributed by atoms with Gasteiger partial charge in [0.05, 0.1) is 4.83 Å². The lowest BCUT2D eigenvalue weighted by atomic mass is 10.1. The van der Waals surface area contributed by atoms with Gasteiger partial charge in [-0.25, -0.2) is 4.39 Å². The number of primary amides is 1. The van der Waals surface area contributed by atoms with Crippen molar-refractivity contribution in [1.29, 1.82) is 0 Å². The molecule has 1 aromatic rings. The van der Waals surface area contributed by atoms with Crippen molar-refractivity contribution in [3.8, 4) is 0 Å². The van der Waals surface area contributed by atoms with E-state index in [1.54, 1.807) is 0 Å². The molecule has 2 nitrogen and oxygen atoms in total. The highest BCUT2D eigenvalue weighted by Crippen LogP contribution is 2.18. The Hall–Kier alpha value is -0.610. The Morgan fingerprint density at radius 3 is 2.86 bits per heavy atom. The van der Waals surface area contributed by atoms with E-state index in [-0.39, 0.29) is 12.2 Å². The Kier molecular flexibility index (Phi) is 3.89. The van der Waals surface area contributed by atoms with Crippen LogP contribution >= 0.6 is 27.5 Å². The van der Waals surface area contributed by atoms with Crippen molar-refractivity contribution >= 4 is 33.4 Å². The highest BCUT2D eigenvalue weighted by atomic mass is 79.9. The first-order valence-corrected chi connectivity index (χ1v) is 5.17. The normalized spacial score (nSPS) is 12.5. The molecule has 0 spiro atoms. The van der Waals surface area contributed by atoms with Gasteiger partial charge in [0.1, 0.15) is 5.82 Å². The van der Waals surface area contributed by atoms with Crippen LogP contribution in [0.25, 0.3) is 0 Å². The lowest BCUT2D eigenvalue weighted by Crippen LogP contribution is -2.25. The SMILES string of the molecule is NC(=O)C(Br)Cc1cc(Cl)ccc1F. The van der Waals surface area contributed by atoms with E-state index in [0.717, 1.165) is 0 Å². The zero-order valence-electron chi connectivity index (χ0n) is 7.14. The first-order valence-electron chi connectivity index (χ1n) is 3.88. The molecule has 1 unspecified atom stereocenters. The molecule has 1 aromatic carbocycles. The number of carbonyl (C=O) groups excluding carboxylic acids is 1. The second kappa shape index (κ2) is 4.75. The first-order chi connectivity index (χ1) is 6.50. The van der Waals surface area contributed by atoms with Crippen molar-refractivity contribution < 1.29 is 9.18 Å². The summed E-state index contributed by atoms with van der Waals surface area (Å²) in [6, 6.07) is 4.19. The van der Waals surface area contributed by atoms with Gasteiger partial charge >= 0.3 is 0 Å². The molecule has 1 rings (SSSR count). The predicted octanol–water partition coefficient (Wildman–Crippen LogP) is 2.27. The summed E-state index contributed by atoms with van der Waals surface area (Å²) in [5.41, 5.74) is 5.40. The van der Waals surface area contributed by atoms with Gasteiger partial charge in [0.2, 0.25) is 5.91 Å². The maximum Gasteiger partial charge on any atom is 0.231 e. The third-order valence-corrected chi connectivity index (χ3v) is 2.73. The van der Waals surface area contributed by atoms with Crippen LogP contribution in [0.1, 0.15) is 5.56 Å². The molecule has 0 saturated heterocycles. The molecule has 1 amide bonds. The van der Waals surface area contributed by atoms with Crippen LogP contribution in [-0.2, 0) is 11.2 Å². The third-order valence-electron chi connectivity index (χ3n) is 1.72. The number of hydrogen-bond acceptors (Lipinski definition) is 1. The Labute approximate surface area is 94.4 Å². The van der Waals surface area contributed by atoms with Crippen molar-refractivity contribution in [2.45, 2.75) is 11.2 Å². The number of amides is 1. The summed E-state index contributed by atoms with van der Waals surface area (Å²) in [6.45, 7) is 0. The van der Waals surface area contributed by atoms with E-state index in [2.05, 4.69) is 15.9 Å². The van der Waals surface area contributed by atoms with Gasteiger partial charge in [-0.15, -0.1) is 0 Å². The summed E-state index contributed by atoms with van der Waals surface area (Å²) < 4.78 is 13.2. The minimum atomic E-state index is -0.574. The average molecular weight is 281 g/mol. The van der Waals surface area contributed by atoms with Crippen LogP contribution in [-0.4, -0.2) is 10.7 Å². The Balaban J connectivity index is 2.85. The molecular formula is C9H8BrClFNO. The van der Waals surface area contributed by atoms with Crippen LogP contribution in [0.5, 0.6) is 0 Å². The second-order valence-corrected chi connectivity index (χ2v) is 4.35. The monoisotopic (exact) mass is 279 g/mol. The molecular weight excluding hydrogens is 272 g/mol. The lowest BCUT2D eigenvalue weighted by Gasteiger charge is -2.06. The van der Waals surface area contributed by atoms with Gasteiger partial charge in [-0.1, -0.05) is 27.5 Å². The summed E-state index contributed by atoms with van der Waals surface area (Å²) >= 11 is 8.74. The average Bonchev–Trinajstić information content (AvgIpc) is 2.11. The summed E-state index contributed by atoms with van der Waals surface area (Å²) in [5.74, 6) is -0.913. The van der Waals surface area contributed by atoms with Crippen LogP contribution in [0.4, 0.5) is 4.39 Å². The van der Waals surface area contributed by atoms with Gasteiger partial charge in [0.25, 0.3) is 0 Å². The number of halogens is 3. The number of alkyl halides is 1. The first kappa shape index (κ1) is 11.5. The van der Waals surface area contributed by atoms with E-state index in [1.807, 2.05) is 0 Å². The minimum absolute atomic E-state index is 0.196. The number of benzene rings is 1. The van der Waals surface area contributed by atoms with E-state index in [1.165, 1.54) is 18.2 Å². The number of rotatable bonds is 3. The number of hydrogen-bond donors (Lipinski definition) is 1. The van der Waals surface area contributed by atoms with Crippen molar-refractivity contribution in [3.63, 3.8) is 0 Å². The largest absolute Gasteiger partial charge is 0.369 e. The molecule has 76 valence electrons. The lowest BCUT2D eigenvalue weighted by molar-refractivity contribution is -0.117. The quantitative estimate of drug-likeness (QED) is 0.848. The van der Waals surface area contributed by atoms with E-state index in [0.29, 0.717) is 10.6 Å². The molecule has 5 heteroatoms. The highest BCUT2D eigenvalue weighted by molar-refractivity contribution is 9.10. The van der Waals surface area contributed by atoms with Gasteiger partial charge in [-0.3, -0.25) is 4.79 Å². The summed E-state index contributed by atoms with van der Waals surface area (Å²) in [5, 5.41) is 0.436. The van der Waals surface area contributed by atoms with E-state index >= 15 is 0 Å². The fourth-order valence-electron chi connectivity index (χ4n) is 0.993. The van der Waals surface area contributed by atoms with Crippen LogP contribution in [0.2, 0.25) is 5.02 Å². The van der Waals surface area contributed by atoms with Gasteiger partial charge in [0, 0.05) is 5.02 Å². The fourth-order valence-corrected chi connectivity index (χ4v) is 1.54. The van der Waals surface area contributed by atoms with Crippen LogP contribution in [0, 0.1) is 5.82 Å². The molecule has 0 fully saturated rings. The summed E-state index contributed by atoms with van der Waals surface area (Å²) in [7, 11) is 0. The fraction of sp³-hybridized carbons (Fsp3) is 0.222. The maximum atomic E-state index is 13.2. The van der Waals surface area contributed by atoms with Crippen molar-refractivity contribution in [1.82, 2.24) is 0 Å². The van der Waals surface area contributed by atoms with Crippen LogP contribution in [0.15, 0.2) is 18.2 Å². The zero-order chi connectivity index (χ0) is 10.7.